The Labute approximate surface area is 160 Å². The summed E-state index contributed by atoms with van der Waals surface area (Å²) < 4.78 is 38.3. The van der Waals surface area contributed by atoms with Gasteiger partial charge >= 0.3 is 0 Å². The molecule has 0 aliphatic rings. The predicted octanol–water partition coefficient (Wildman–Crippen LogP) is 3.30. The second kappa shape index (κ2) is 8.20. The van der Waals surface area contributed by atoms with E-state index in [2.05, 4.69) is 15.6 Å². The Morgan fingerprint density at radius 1 is 1.25 bits per heavy atom. The fourth-order valence-electron chi connectivity index (χ4n) is 2.77. The average Bonchev–Trinajstić information content (AvgIpc) is 3.25. The van der Waals surface area contributed by atoms with E-state index >= 15 is 0 Å². The molecule has 0 aliphatic carbocycles. The van der Waals surface area contributed by atoms with E-state index in [1.807, 2.05) is 25.5 Å². The minimum absolute atomic E-state index is 0.0765. The Morgan fingerprint density at radius 2 is 2.04 bits per heavy atom. The molecule has 1 N–H and O–H groups in total. The summed E-state index contributed by atoms with van der Waals surface area (Å²) in [4.78, 5) is 12.3. The minimum atomic E-state index is -1.01. The molecule has 0 atom stereocenters. The third-order valence-corrected chi connectivity index (χ3v) is 4.32. The summed E-state index contributed by atoms with van der Waals surface area (Å²) in [7, 11) is 0. The fraction of sp³-hybridized carbons (Fsp3) is 0.316. The summed E-state index contributed by atoms with van der Waals surface area (Å²) in [5, 5.41) is 10.9. The van der Waals surface area contributed by atoms with Gasteiger partial charge in [-0.3, -0.25) is 9.48 Å². The number of carbonyl (C=O) groups is 1. The number of benzene rings is 1. The molecule has 1 amide bonds. The molecule has 0 fully saturated rings. The molecule has 9 heteroatoms. The predicted molar refractivity (Wildman–Crippen MR) is 95.7 cm³/mol. The van der Waals surface area contributed by atoms with Gasteiger partial charge in [-0.15, -0.1) is 0 Å². The second-order valence-electron chi connectivity index (χ2n) is 6.19. The van der Waals surface area contributed by atoms with Crippen LogP contribution < -0.4 is 10.1 Å². The first-order chi connectivity index (χ1) is 13.4. The number of nitrogens with one attached hydrogen (secondary N) is 1. The lowest BCUT2D eigenvalue weighted by Gasteiger charge is -2.04. The molecule has 1 aromatic carbocycles. The molecule has 2 heterocycles. The van der Waals surface area contributed by atoms with Gasteiger partial charge in [0.05, 0.1) is 5.69 Å². The van der Waals surface area contributed by atoms with Crippen molar-refractivity contribution in [1.29, 1.82) is 0 Å². The highest BCUT2D eigenvalue weighted by atomic mass is 19.2. The number of rotatable bonds is 7. The van der Waals surface area contributed by atoms with Crippen LogP contribution in [0.2, 0.25) is 0 Å². The van der Waals surface area contributed by atoms with Crippen LogP contribution in [0.25, 0.3) is 0 Å². The van der Waals surface area contributed by atoms with E-state index in [9.17, 15) is 13.6 Å². The number of amides is 1. The summed E-state index contributed by atoms with van der Waals surface area (Å²) in [6.07, 6.45) is 0. The Bertz CT molecular complexity index is 997. The van der Waals surface area contributed by atoms with Gasteiger partial charge in [-0.1, -0.05) is 5.16 Å². The maximum absolute atomic E-state index is 13.2. The maximum atomic E-state index is 13.2. The van der Waals surface area contributed by atoms with Crippen molar-refractivity contribution in [1.82, 2.24) is 20.3 Å². The smallest absolute Gasteiger partial charge is 0.273 e. The van der Waals surface area contributed by atoms with Crippen molar-refractivity contribution in [3.63, 3.8) is 0 Å². The molecular weight excluding hydrogens is 370 g/mol. The number of hydrogen-bond acceptors (Lipinski definition) is 5. The molecule has 3 rings (SSSR count). The average molecular weight is 390 g/mol. The normalized spacial score (nSPS) is 10.9. The summed E-state index contributed by atoms with van der Waals surface area (Å²) in [5.41, 5.74) is 2.92. The van der Waals surface area contributed by atoms with Crippen LogP contribution in [0, 0.1) is 25.5 Å². The summed E-state index contributed by atoms with van der Waals surface area (Å²) in [6, 6.07) is 4.63. The van der Waals surface area contributed by atoms with Crippen LogP contribution in [0.1, 0.15) is 40.1 Å². The van der Waals surface area contributed by atoms with Gasteiger partial charge in [-0.2, -0.15) is 5.10 Å². The van der Waals surface area contributed by atoms with Crippen molar-refractivity contribution >= 4 is 5.91 Å². The molecule has 0 bridgehead atoms. The molecule has 148 valence electrons. The van der Waals surface area contributed by atoms with Crippen LogP contribution in [-0.4, -0.2) is 20.8 Å². The van der Waals surface area contributed by atoms with Crippen LogP contribution in [0.3, 0.4) is 0 Å². The van der Waals surface area contributed by atoms with Gasteiger partial charge in [0.2, 0.25) is 0 Å². The largest absolute Gasteiger partial charge is 0.485 e. The zero-order valence-electron chi connectivity index (χ0n) is 15.8. The molecule has 0 saturated carbocycles. The molecule has 0 saturated heterocycles. The summed E-state index contributed by atoms with van der Waals surface area (Å²) in [5.74, 6) is -1.94. The van der Waals surface area contributed by atoms with E-state index < -0.39 is 17.5 Å². The third-order valence-electron chi connectivity index (χ3n) is 4.32. The Kier molecular flexibility index (Phi) is 5.72. The highest BCUT2D eigenvalue weighted by Crippen LogP contribution is 2.17. The molecule has 0 unspecified atom stereocenters. The fourth-order valence-corrected chi connectivity index (χ4v) is 2.77. The van der Waals surface area contributed by atoms with Crippen LogP contribution in [0.4, 0.5) is 8.78 Å². The standard InChI is InChI=1S/C19H20F2N4O3/c1-4-25-12(3)15(11(2)23-25)9-22-19(26)18-8-14(28-24-18)10-27-13-5-6-16(20)17(21)7-13/h5-8H,4,9-10H2,1-3H3,(H,22,26). The van der Waals surface area contributed by atoms with Gasteiger partial charge < -0.3 is 14.6 Å². The molecular formula is C19H20F2N4O3. The lowest BCUT2D eigenvalue weighted by atomic mass is 10.2. The molecule has 28 heavy (non-hydrogen) atoms. The highest BCUT2D eigenvalue weighted by Gasteiger charge is 2.16. The van der Waals surface area contributed by atoms with E-state index in [-0.39, 0.29) is 23.8 Å². The van der Waals surface area contributed by atoms with Crippen LogP contribution >= 0.6 is 0 Å². The SMILES string of the molecule is CCn1nc(C)c(CNC(=O)c2cc(COc3ccc(F)c(F)c3)on2)c1C. The van der Waals surface area contributed by atoms with Crippen molar-refractivity contribution in [2.24, 2.45) is 0 Å². The molecule has 3 aromatic rings. The second-order valence-corrected chi connectivity index (χ2v) is 6.19. The number of aryl methyl sites for hydroxylation is 2. The molecule has 7 nitrogen and oxygen atoms in total. The van der Waals surface area contributed by atoms with Crippen molar-refractivity contribution in [2.75, 3.05) is 0 Å². The lowest BCUT2D eigenvalue weighted by Crippen LogP contribution is -2.23. The molecule has 2 aromatic heterocycles. The summed E-state index contributed by atoms with van der Waals surface area (Å²) in [6.45, 7) is 6.85. The van der Waals surface area contributed by atoms with Gasteiger partial charge in [0.15, 0.2) is 23.1 Å². The van der Waals surface area contributed by atoms with Crippen LogP contribution in [-0.2, 0) is 19.7 Å². The number of aromatic nitrogens is 3. The number of nitrogens with zero attached hydrogens (tertiary/aromatic N) is 3. The van der Waals surface area contributed by atoms with Crippen molar-refractivity contribution < 1.29 is 22.8 Å². The van der Waals surface area contributed by atoms with Gasteiger partial charge in [0.25, 0.3) is 5.91 Å². The first kappa shape index (κ1) is 19.5. The monoisotopic (exact) mass is 390 g/mol. The Hall–Kier alpha value is -3.23. The number of ether oxygens (including phenoxy) is 1. The highest BCUT2D eigenvalue weighted by molar-refractivity contribution is 5.92. The molecule has 0 spiro atoms. The number of carbonyl (C=O) groups excluding carboxylic acids is 1. The first-order valence-electron chi connectivity index (χ1n) is 8.73. The number of hydrogen-bond donors (Lipinski definition) is 1. The van der Waals surface area contributed by atoms with Crippen molar-refractivity contribution in [2.45, 2.75) is 40.5 Å². The Morgan fingerprint density at radius 3 is 2.71 bits per heavy atom. The minimum Gasteiger partial charge on any atom is -0.485 e. The zero-order valence-corrected chi connectivity index (χ0v) is 15.8. The van der Waals surface area contributed by atoms with Gasteiger partial charge in [-0.05, 0) is 32.9 Å². The number of halogens is 2. The van der Waals surface area contributed by atoms with Gasteiger partial charge in [-0.25, -0.2) is 8.78 Å². The van der Waals surface area contributed by atoms with E-state index in [1.54, 1.807) is 0 Å². The van der Waals surface area contributed by atoms with Gasteiger partial charge in [0, 0.05) is 36.5 Å². The van der Waals surface area contributed by atoms with Crippen molar-refractivity contribution in [3.05, 3.63) is 64.3 Å². The summed E-state index contributed by atoms with van der Waals surface area (Å²) >= 11 is 0. The lowest BCUT2D eigenvalue weighted by molar-refractivity contribution is 0.0941. The third kappa shape index (κ3) is 4.19. The van der Waals surface area contributed by atoms with Crippen LogP contribution in [0.5, 0.6) is 5.75 Å². The molecule has 0 aliphatic heterocycles. The quantitative estimate of drug-likeness (QED) is 0.669. The molecule has 0 radical (unpaired) electrons. The topological polar surface area (TPSA) is 82.2 Å². The van der Waals surface area contributed by atoms with E-state index in [1.165, 1.54) is 12.1 Å². The van der Waals surface area contributed by atoms with Crippen molar-refractivity contribution in [3.8, 4) is 5.75 Å². The maximum Gasteiger partial charge on any atom is 0.273 e. The van der Waals surface area contributed by atoms with Crippen LogP contribution in [0.15, 0.2) is 28.8 Å². The van der Waals surface area contributed by atoms with E-state index in [4.69, 9.17) is 9.26 Å². The van der Waals surface area contributed by atoms with E-state index in [0.717, 1.165) is 35.6 Å². The first-order valence-corrected chi connectivity index (χ1v) is 8.73. The zero-order chi connectivity index (χ0) is 20.3. The van der Waals surface area contributed by atoms with E-state index in [0.29, 0.717) is 6.54 Å². The Balaban J connectivity index is 1.58. The van der Waals surface area contributed by atoms with Gasteiger partial charge in [0.1, 0.15) is 12.4 Å².